The van der Waals surface area contributed by atoms with Gasteiger partial charge >= 0.3 is 5.97 Å². The van der Waals surface area contributed by atoms with Crippen molar-refractivity contribution in [2.45, 2.75) is 50.7 Å². The number of fused-ring (bicyclic) bond motifs is 2. The molecule has 16 heavy (non-hydrogen) atoms. The summed E-state index contributed by atoms with van der Waals surface area (Å²) in [5.41, 5.74) is -0.375. The highest BCUT2D eigenvalue weighted by atomic mass is 16.6. The number of hydrogen-bond acceptors (Lipinski definition) is 4. The molecule has 1 spiro atoms. The lowest BCUT2D eigenvalue weighted by atomic mass is 9.74. The van der Waals surface area contributed by atoms with Gasteiger partial charge in [0.05, 0.1) is 12.0 Å². The van der Waals surface area contributed by atoms with Crippen molar-refractivity contribution in [1.29, 1.82) is 0 Å². The minimum absolute atomic E-state index is 0.0764. The van der Waals surface area contributed by atoms with Crippen LogP contribution in [-0.4, -0.2) is 34.4 Å². The van der Waals surface area contributed by atoms with E-state index in [1.54, 1.807) is 0 Å². The van der Waals surface area contributed by atoms with Crippen LogP contribution in [0.1, 0.15) is 39.0 Å². The van der Waals surface area contributed by atoms with Gasteiger partial charge in [0.2, 0.25) is 0 Å². The number of carbonyl (C=O) groups is 1. The molecule has 2 atom stereocenters. The molecule has 0 aromatic rings. The van der Waals surface area contributed by atoms with Crippen LogP contribution in [0.3, 0.4) is 0 Å². The minimum Gasteiger partial charge on any atom is -0.457 e. The van der Waals surface area contributed by atoms with Gasteiger partial charge in [0, 0.05) is 6.54 Å². The lowest BCUT2D eigenvalue weighted by Gasteiger charge is -2.40. The van der Waals surface area contributed by atoms with Crippen LogP contribution in [-0.2, 0) is 9.53 Å². The number of hydroxylamine groups is 2. The first-order valence-corrected chi connectivity index (χ1v) is 6.31. The van der Waals surface area contributed by atoms with Gasteiger partial charge in [0.15, 0.2) is 0 Å². The van der Waals surface area contributed by atoms with E-state index >= 15 is 0 Å². The molecule has 0 radical (unpaired) electrons. The van der Waals surface area contributed by atoms with E-state index in [1.807, 2.05) is 0 Å². The number of esters is 1. The van der Waals surface area contributed by atoms with Crippen LogP contribution in [0.5, 0.6) is 0 Å². The maximum atomic E-state index is 11.8. The van der Waals surface area contributed by atoms with Crippen molar-refractivity contribution in [3.63, 3.8) is 0 Å². The number of carbonyl (C=O) groups excluding carboxylic acids is 1. The number of hydrogen-bond donors (Lipinski definition) is 1. The third-order valence-electron chi connectivity index (χ3n) is 4.64. The fourth-order valence-electron chi connectivity index (χ4n) is 3.65. The zero-order chi connectivity index (χ0) is 11.3. The summed E-state index contributed by atoms with van der Waals surface area (Å²) in [5, 5.41) is 11.3. The average molecular weight is 225 g/mol. The summed E-state index contributed by atoms with van der Waals surface area (Å²) in [5.74, 6) is 0.548. The van der Waals surface area contributed by atoms with Crippen LogP contribution >= 0.6 is 0 Å². The highest BCUT2D eigenvalue weighted by molar-refractivity contribution is 5.77. The summed E-state index contributed by atoms with van der Waals surface area (Å²) in [7, 11) is 0. The molecule has 0 amide bonds. The van der Waals surface area contributed by atoms with Gasteiger partial charge in [-0.2, -0.15) is 5.06 Å². The second kappa shape index (κ2) is 3.44. The smallest absolute Gasteiger partial charge is 0.311 e. The summed E-state index contributed by atoms with van der Waals surface area (Å²) >= 11 is 0. The molecule has 4 nitrogen and oxygen atoms in total. The highest BCUT2D eigenvalue weighted by Gasteiger charge is 2.60. The Hall–Kier alpha value is -0.610. The molecule has 90 valence electrons. The molecule has 3 aliphatic rings. The van der Waals surface area contributed by atoms with E-state index in [0.717, 1.165) is 38.0 Å². The van der Waals surface area contributed by atoms with Crippen molar-refractivity contribution in [2.24, 2.45) is 11.8 Å². The number of rotatable bonds is 0. The standard InChI is InChI=1S/C12H19NO3/c1-8-2-5-12(6-3-8)10-9(11(14)16-12)4-7-13(10)15/h8-10,15H,2-7H2,1H3. The summed E-state index contributed by atoms with van der Waals surface area (Å²) in [4.78, 5) is 11.8. The fourth-order valence-corrected chi connectivity index (χ4v) is 3.65. The van der Waals surface area contributed by atoms with E-state index in [4.69, 9.17) is 4.74 Å². The van der Waals surface area contributed by atoms with E-state index < -0.39 is 0 Å². The molecule has 2 aliphatic heterocycles. The Balaban J connectivity index is 1.87. The maximum absolute atomic E-state index is 11.8. The van der Waals surface area contributed by atoms with Crippen LogP contribution in [0, 0.1) is 11.8 Å². The average Bonchev–Trinajstić information content (AvgIpc) is 2.75. The van der Waals surface area contributed by atoms with Crippen LogP contribution in [0.2, 0.25) is 0 Å². The SMILES string of the molecule is CC1CCC2(CC1)OC(=O)C1CCN(O)C12. The molecule has 2 heterocycles. The zero-order valence-corrected chi connectivity index (χ0v) is 9.69. The van der Waals surface area contributed by atoms with Gasteiger partial charge in [-0.3, -0.25) is 4.79 Å². The van der Waals surface area contributed by atoms with Gasteiger partial charge in [-0.1, -0.05) is 6.92 Å². The van der Waals surface area contributed by atoms with Crippen LogP contribution in [0.15, 0.2) is 0 Å². The molecule has 0 aromatic heterocycles. The minimum atomic E-state index is -0.375. The van der Waals surface area contributed by atoms with E-state index in [-0.39, 0.29) is 23.5 Å². The normalized spacial score (nSPS) is 48.4. The van der Waals surface area contributed by atoms with Gasteiger partial charge < -0.3 is 9.94 Å². The first-order chi connectivity index (χ1) is 7.62. The summed E-state index contributed by atoms with van der Waals surface area (Å²) in [6.07, 6.45) is 4.78. The number of ether oxygens (including phenoxy) is 1. The van der Waals surface area contributed by atoms with Crippen molar-refractivity contribution >= 4 is 5.97 Å². The molecular weight excluding hydrogens is 206 g/mol. The number of nitrogens with zero attached hydrogens (tertiary/aromatic N) is 1. The quantitative estimate of drug-likeness (QED) is 0.636. The third kappa shape index (κ3) is 1.32. The Morgan fingerprint density at radius 2 is 2.06 bits per heavy atom. The largest absolute Gasteiger partial charge is 0.457 e. The van der Waals surface area contributed by atoms with Crippen molar-refractivity contribution < 1.29 is 14.7 Å². The molecule has 1 N–H and O–H groups in total. The van der Waals surface area contributed by atoms with E-state index in [0.29, 0.717) is 6.54 Å². The van der Waals surface area contributed by atoms with Gasteiger partial charge in [-0.15, -0.1) is 0 Å². The molecule has 0 aromatic carbocycles. The predicted octanol–water partition coefficient (Wildman–Crippen LogP) is 1.57. The fraction of sp³-hybridized carbons (Fsp3) is 0.917. The van der Waals surface area contributed by atoms with Crippen LogP contribution in [0.4, 0.5) is 0 Å². The summed E-state index contributed by atoms with van der Waals surface area (Å²) in [6.45, 7) is 2.86. The third-order valence-corrected chi connectivity index (χ3v) is 4.64. The molecule has 1 aliphatic carbocycles. The molecule has 1 saturated carbocycles. The zero-order valence-electron chi connectivity index (χ0n) is 9.69. The molecular formula is C12H19NO3. The van der Waals surface area contributed by atoms with Gasteiger partial charge in [-0.25, -0.2) is 0 Å². The van der Waals surface area contributed by atoms with Gasteiger partial charge in [-0.05, 0) is 38.0 Å². The summed E-state index contributed by atoms with van der Waals surface area (Å²) < 4.78 is 5.63. The Morgan fingerprint density at radius 1 is 1.38 bits per heavy atom. The first-order valence-electron chi connectivity index (χ1n) is 6.31. The lowest BCUT2D eigenvalue weighted by molar-refractivity contribution is -0.175. The first kappa shape index (κ1) is 10.5. The van der Waals surface area contributed by atoms with Crippen molar-refractivity contribution in [3.8, 4) is 0 Å². The molecule has 3 fully saturated rings. The van der Waals surface area contributed by atoms with Crippen molar-refractivity contribution in [1.82, 2.24) is 5.06 Å². The molecule has 2 unspecified atom stereocenters. The Bertz CT molecular complexity index is 309. The molecule has 4 heteroatoms. The second-order valence-electron chi connectivity index (χ2n) is 5.67. The molecule has 0 bridgehead atoms. The lowest BCUT2D eigenvalue weighted by Crippen LogP contribution is -2.49. The van der Waals surface area contributed by atoms with E-state index in [2.05, 4.69) is 6.92 Å². The van der Waals surface area contributed by atoms with Crippen molar-refractivity contribution in [2.75, 3.05) is 6.54 Å². The monoisotopic (exact) mass is 225 g/mol. The van der Waals surface area contributed by atoms with Gasteiger partial charge in [0.1, 0.15) is 5.60 Å². The second-order valence-corrected chi connectivity index (χ2v) is 5.67. The molecule has 3 rings (SSSR count). The predicted molar refractivity (Wildman–Crippen MR) is 56.8 cm³/mol. The van der Waals surface area contributed by atoms with Crippen LogP contribution < -0.4 is 0 Å². The highest BCUT2D eigenvalue weighted by Crippen LogP contribution is 2.49. The van der Waals surface area contributed by atoms with E-state index in [9.17, 15) is 10.0 Å². The Labute approximate surface area is 95.5 Å². The summed E-state index contributed by atoms with van der Waals surface area (Å²) in [6, 6.07) is -0.0764. The van der Waals surface area contributed by atoms with Crippen LogP contribution in [0.25, 0.3) is 0 Å². The van der Waals surface area contributed by atoms with E-state index in [1.165, 1.54) is 5.06 Å². The topological polar surface area (TPSA) is 49.8 Å². The Kier molecular flexibility index (Phi) is 2.27. The Morgan fingerprint density at radius 3 is 2.75 bits per heavy atom. The molecule has 2 saturated heterocycles. The van der Waals surface area contributed by atoms with Crippen molar-refractivity contribution in [3.05, 3.63) is 0 Å². The maximum Gasteiger partial charge on any atom is 0.311 e. The van der Waals surface area contributed by atoms with Gasteiger partial charge in [0.25, 0.3) is 0 Å².